The summed E-state index contributed by atoms with van der Waals surface area (Å²) in [6, 6.07) is -0.907. The van der Waals surface area contributed by atoms with Crippen molar-refractivity contribution >= 4 is 19.7 Å². The fraction of sp³-hybridized carbons (Fsp3) is 0.735. The summed E-state index contributed by atoms with van der Waals surface area (Å²) in [6.07, 6.45) is 76.6. The molecule has 78 heavy (non-hydrogen) atoms. The number of carbonyl (C=O) groups excluding carboxylic acids is 2. The third kappa shape index (κ3) is 57.6. The molecule has 0 bridgehead atoms. The Morgan fingerprint density at radius 2 is 0.821 bits per heavy atom. The third-order valence-electron chi connectivity index (χ3n) is 13.7. The van der Waals surface area contributed by atoms with Gasteiger partial charge in [-0.15, -0.1) is 0 Å². The molecule has 0 aromatic carbocycles. The number of esters is 1. The van der Waals surface area contributed by atoms with Crippen molar-refractivity contribution in [1.82, 2.24) is 5.32 Å². The van der Waals surface area contributed by atoms with Crippen LogP contribution in [-0.4, -0.2) is 69.4 Å². The molecule has 1 N–H and O–H groups in total. The lowest BCUT2D eigenvalue weighted by Gasteiger charge is -2.30. The van der Waals surface area contributed by atoms with Crippen molar-refractivity contribution < 1.29 is 37.3 Å². The van der Waals surface area contributed by atoms with Gasteiger partial charge < -0.3 is 28.5 Å². The van der Waals surface area contributed by atoms with E-state index in [4.69, 9.17) is 13.8 Å². The molecular weight excluding hydrogens is 988 g/mol. The largest absolute Gasteiger partial charge is 0.756 e. The highest BCUT2D eigenvalue weighted by Crippen LogP contribution is 2.38. The van der Waals surface area contributed by atoms with Crippen molar-refractivity contribution in [1.29, 1.82) is 0 Å². The predicted molar refractivity (Wildman–Crippen MR) is 334 cm³/mol. The van der Waals surface area contributed by atoms with E-state index in [1.165, 1.54) is 116 Å². The van der Waals surface area contributed by atoms with Crippen LogP contribution in [-0.2, 0) is 27.9 Å². The molecule has 0 radical (unpaired) electrons. The molecule has 450 valence electrons. The SMILES string of the molecule is CC/C=C\C/C=C\C/C=C\C/C=C\C/C=C\C/C=C\CCCCCCC(=O)OC(/C=C\CCCCCCCCCCCC)C(COP(=O)([O-])OCC[N+](C)(C)C)NC(=O)CCCCCCCCC/C=C/CCCCCCCC. The van der Waals surface area contributed by atoms with Crippen LogP contribution >= 0.6 is 7.82 Å². The zero-order valence-corrected chi connectivity index (χ0v) is 52.2. The van der Waals surface area contributed by atoms with E-state index in [0.717, 1.165) is 116 Å². The monoisotopic (exact) mass is 1110 g/mol. The van der Waals surface area contributed by atoms with Crippen LogP contribution in [0, 0.1) is 0 Å². The smallest absolute Gasteiger partial charge is 0.306 e. The molecule has 0 fully saturated rings. The number of hydrogen-bond donors (Lipinski definition) is 1. The van der Waals surface area contributed by atoms with E-state index in [1.807, 2.05) is 33.3 Å². The number of rotatable bonds is 57. The number of carbonyl (C=O) groups is 2. The van der Waals surface area contributed by atoms with Crippen molar-refractivity contribution in [2.24, 2.45) is 0 Å². The van der Waals surface area contributed by atoms with E-state index in [9.17, 15) is 19.0 Å². The van der Waals surface area contributed by atoms with Crippen molar-refractivity contribution in [2.45, 2.75) is 283 Å². The fourth-order valence-corrected chi connectivity index (χ4v) is 9.54. The molecule has 0 spiro atoms. The Morgan fingerprint density at radius 1 is 0.462 bits per heavy atom. The van der Waals surface area contributed by atoms with Gasteiger partial charge in [0, 0.05) is 12.8 Å². The number of amides is 1. The van der Waals surface area contributed by atoms with E-state index in [0.29, 0.717) is 23.9 Å². The van der Waals surface area contributed by atoms with Gasteiger partial charge in [-0.2, -0.15) is 0 Å². The maximum Gasteiger partial charge on any atom is 0.306 e. The van der Waals surface area contributed by atoms with Gasteiger partial charge >= 0.3 is 5.97 Å². The number of ether oxygens (including phenoxy) is 1. The predicted octanol–water partition coefficient (Wildman–Crippen LogP) is 19.3. The van der Waals surface area contributed by atoms with Gasteiger partial charge in [0.25, 0.3) is 7.82 Å². The maximum atomic E-state index is 13.5. The molecule has 3 unspecified atom stereocenters. The Morgan fingerprint density at radius 3 is 1.24 bits per heavy atom. The molecule has 0 rings (SSSR count). The first-order valence-electron chi connectivity index (χ1n) is 32.0. The van der Waals surface area contributed by atoms with Gasteiger partial charge in [0.15, 0.2) is 0 Å². The lowest BCUT2D eigenvalue weighted by Crippen LogP contribution is -2.47. The van der Waals surface area contributed by atoms with Gasteiger partial charge in [-0.3, -0.25) is 14.2 Å². The molecule has 1 amide bonds. The summed E-state index contributed by atoms with van der Waals surface area (Å²) in [5, 5.41) is 3.02. The highest BCUT2D eigenvalue weighted by Gasteiger charge is 2.27. The van der Waals surface area contributed by atoms with Crippen LogP contribution in [0.2, 0.25) is 0 Å². The van der Waals surface area contributed by atoms with E-state index >= 15 is 0 Å². The summed E-state index contributed by atoms with van der Waals surface area (Å²) in [5.74, 6) is -0.576. The summed E-state index contributed by atoms with van der Waals surface area (Å²) >= 11 is 0. The van der Waals surface area contributed by atoms with Gasteiger partial charge in [-0.25, -0.2) is 0 Å². The number of unbranched alkanes of at least 4 members (excludes halogenated alkanes) is 27. The second-order valence-electron chi connectivity index (χ2n) is 22.5. The van der Waals surface area contributed by atoms with Crippen molar-refractivity contribution in [3.8, 4) is 0 Å². The molecule has 0 aliphatic carbocycles. The number of likely N-dealkylation sites (N-methyl/N-ethyl adjacent to an activating group) is 1. The Labute approximate surface area is 481 Å². The maximum absolute atomic E-state index is 13.5. The minimum atomic E-state index is -4.71. The van der Waals surface area contributed by atoms with E-state index < -0.39 is 26.6 Å². The quantitative estimate of drug-likeness (QED) is 0.0212. The lowest BCUT2D eigenvalue weighted by molar-refractivity contribution is -0.870. The van der Waals surface area contributed by atoms with Crippen molar-refractivity contribution in [3.63, 3.8) is 0 Å². The molecule has 10 heteroatoms. The zero-order chi connectivity index (χ0) is 57.2. The van der Waals surface area contributed by atoms with Crippen molar-refractivity contribution in [3.05, 3.63) is 97.2 Å². The van der Waals surface area contributed by atoms with Crippen LogP contribution in [0.4, 0.5) is 0 Å². The number of nitrogens with zero attached hydrogens (tertiary/aromatic N) is 1. The Balaban J connectivity index is 5.28. The Kier molecular flexibility index (Phi) is 54.9. The molecule has 0 saturated carbocycles. The van der Waals surface area contributed by atoms with Crippen LogP contribution in [0.1, 0.15) is 271 Å². The summed E-state index contributed by atoms with van der Waals surface area (Å²) in [7, 11) is 1.16. The highest BCUT2D eigenvalue weighted by atomic mass is 31.2. The van der Waals surface area contributed by atoms with Gasteiger partial charge in [0.2, 0.25) is 5.91 Å². The van der Waals surface area contributed by atoms with Crippen LogP contribution in [0.3, 0.4) is 0 Å². The first kappa shape index (κ1) is 74.9. The molecule has 3 atom stereocenters. The van der Waals surface area contributed by atoms with E-state index in [2.05, 4.69) is 111 Å². The first-order chi connectivity index (χ1) is 37.9. The van der Waals surface area contributed by atoms with Gasteiger partial charge in [-0.1, -0.05) is 247 Å². The third-order valence-corrected chi connectivity index (χ3v) is 14.7. The second-order valence-corrected chi connectivity index (χ2v) is 23.9. The average molecular weight is 1110 g/mol. The molecule has 0 aliphatic rings. The normalized spacial score (nSPS) is 14.3. The molecule has 0 heterocycles. The topological polar surface area (TPSA) is 114 Å². The number of allylic oxidation sites excluding steroid dienone is 15. The number of phosphoric acid groups is 1. The minimum absolute atomic E-state index is 0.0315. The zero-order valence-electron chi connectivity index (χ0n) is 51.3. The van der Waals surface area contributed by atoms with Crippen LogP contribution in [0.15, 0.2) is 97.2 Å². The fourth-order valence-electron chi connectivity index (χ4n) is 8.81. The molecular formula is C68H121N2O7P. The number of quaternary nitrogens is 1. The lowest BCUT2D eigenvalue weighted by atomic mass is 10.0. The standard InChI is InChI=1S/C68H121N2O7P/c1-7-10-13-16-19-22-25-28-30-32-33-34-35-36-37-39-41-43-46-49-52-55-58-61-68(72)77-66(59-56-53-50-47-44-27-24-21-18-15-12-9-3)65(64-76-78(73,74)75-63-62-70(4,5)6)69-67(71)60-57-54-51-48-45-42-40-38-31-29-26-23-20-17-14-11-8-2/h10,13,19,22,28-31,33-34,36-37,41,43,56,59,65-66H,7-9,11-12,14-18,20-21,23-27,32,35,38-40,42,44-55,57-58,60-64H2,1-6H3,(H-,69,71,73,74)/b13-10-,22-19-,30-28-,31-29+,34-33-,37-36-,43-41-,59-56-. The van der Waals surface area contributed by atoms with Gasteiger partial charge in [0.1, 0.15) is 19.3 Å². The number of hydrogen-bond acceptors (Lipinski definition) is 7. The molecule has 9 nitrogen and oxygen atoms in total. The van der Waals surface area contributed by atoms with E-state index in [1.54, 1.807) is 0 Å². The average Bonchev–Trinajstić information content (AvgIpc) is 3.40. The molecule has 0 aromatic heterocycles. The second kappa shape index (κ2) is 57.2. The van der Waals surface area contributed by atoms with Crippen molar-refractivity contribution in [2.75, 3.05) is 40.9 Å². The van der Waals surface area contributed by atoms with Gasteiger partial charge in [-0.05, 0) is 109 Å². The summed E-state index contributed by atoms with van der Waals surface area (Å²) < 4.78 is 30.3. The molecule has 0 aromatic rings. The van der Waals surface area contributed by atoms with Crippen LogP contribution in [0.5, 0.6) is 0 Å². The number of phosphoric ester groups is 1. The van der Waals surface area contributed by atoms with Crippen LogP contribution < -0.4 is 10.2 Å². The van der Waals surface area contributed by atoms with Gasteiger partial charge in [0.05, 0.1) is 33.8 Å². The summed E-state index contributed by atoms with van der Waals surface area (Å²) in [5.41, 5.74) is 0. The van der Waals surface area contributed by atoms with E-state index in [-0.39, 0.29) is 24.9 Å². The highest BCUT2D eigenvalue weighted by molar-refractivity contribution is 7.45. The summed E-state index contributed by atoms with van der Waals surface area (Å²) in [4.78, 5) is 40.0. The first-order valence-corrected chi connectivity index (χ1v) is 33.5. The number of nitrogens with one attached hydrogen (secondary N) is 1. The Bertz CT molecular complexity index is 1660. The Hall–Kier alpha value is -3.07. The minimum Gasteiger partial charge on any atom is -0.756 e. The molecule has 0 saturated heterocycles. The molecule has 0 aliphatic heterocycles. The summed E-state index contributed by atoms with van der Waals surface area (Å²) in [6.45, 7) is 6.71. The van der Waals surface area contributed by atoms with Crippen LogP contribution in [0.25, 0.3) is 0 Å².